The van der Waals surface area contributed by atoms with E-state index in [0.717, 1.165) is 12.0 Å². The topological polar surface area (TPSA) is 29.5 Å². The molecule has 0 aromatic rings. The molecule has 0 aromatic heterocycles. The van der Waals surface area contributed by atoms with Gasteiger partial charge in [-0.05, 0) is 0 Å². The molecule has 1 aliphatic heterocycles. The Bertz CT molecular complexity index is 272. The zero-order chi connectivity index (χ0) is 12.4. The average Bonchev–Trinajstić information content (AvgIpc) is 2.62. The molecule has 0 saturated carbocycles. The summed E-state index contributed by atoms with van der Waals surface area (Å²) in [6, 6.07) is 0. The van der Waals surface area contributed by atoms with Gasteiger partial charge in [0, 0.05) is 32.4 Å². The standard InChI is InChI=1S/C9H13ClF3NO2/c1-16-8(9(11,12)13)3-5-14(6-8)7(15)2-4-10/h2-6H2,1H3. The molecule has 0 aliphatic carbocycles. The van der Waals surface area contributed by atoms with Gasteiger partial charge in [-0.15, -0.1) is 11.6 Å². The molecule has 0 aromatic carbocycles. The first-order chi connectivity index (χ1) is 7.36. The fraction of sp³-hybridized carbons (Fsp3) is 0.889. The SMILES string of the molecule is COC1(C(F)(F)F)CCN(C(=O)CCCl)C1. The lowest BCUT2D eigenvalue weighted by molar-refractivity contribution is -0.263. The first kappa shape index (κ1) is 13.6. The summed E-state index contributed by atoms with van der Waals surface area (Å²) >= 11 is 5.37. The first-order valence-corrected chi connectivity index (χ1v) is 5.35. The van der Waals surface area contributed by atoms with Crippen LogP contribution in [0.3, 0.4) is 0 Å². The minimum atomic E-state index is -4.46. The number of alkyl halides is 4. The highest BCUT2D eigenvalue weighted by Gasteiger charge is 2.59. The normalized spacial score (nSPS) is 26.2. The zero-order valence-electron chi connectivity index (χ0n) is 8.81. The Morgan fingerprint density at radius 3 is 2.56 bits per heavy atom. The molecule has 1 fully saturated rings. The maximum Gasteiger partial charge on any atom is 0.419 e. The number of nitrogens with zero attached hydrogens (tertiary/aromatic N) is 1. The molecule has 0 radical (unpaired) electrons. The van der Waals surface area contributed by atoms with Gasteiger partial charge in [0.1, 0.15) is 0 Å². The number of carbonyl (C=O) groups excluding carboxylic acids is 1. The predicted molar refractivity (Wildman–Crippen MR) is 52.3 cm³/mol. The van der Waals surface area contributed by atoms with Crippen LogP contribution >= 0.6 is 11.6 Å². The van der Waals surface area contributed by atoms with E-state index in [4.69, 9.17) is 11.6 Å². The van der Waals surface area contributed by atoms with Gasteiger partial charge in [-0.1, -0.05) is 0 Å². The van der Waals surface area contributed by atoms with Crippen molar-refractivity contribution in [3.63, 3.8) is 0 Å². The Kier molecular flexibility index (Phi) is 4.07. The first-order valence-electron chi connectivity index (χ1n) is 4.82. The second kappa shape index (κ2) is 4.79. The summed E-state index contributed by atoms with van der Waals surface area (Å²) in [7, 11) is 1.02. The third-order valence-electron chi connectivity index (χ3n) is 2.80. The van der Waals surface area contributed by atoms with Gasteiger partial charge in [0.2, 0.25) is 5.91 Å². The van der Waals surface area contributed by atoms with Crippen LogP contribution in [0, 0.1) is 0 Å². The van der Waals surface area contributed by atoms with Crippen molar-refractivity contribution in [3.05, 3.63) is 0 Å². The number of halogens is 4. The molecule has 1 rings (SSSR count). The number of likely N-dealkylation sites (tertiary alicyclic amines) is 1. The van der Waals surface area contributed by atoms with E-state index in [2.05, 4.69) is 4.74 Å². The molecular weight excluding hydrogens is 247 g/mol. The summed E-state index contributed by atoms with van der Waals surface area (Å²) in [5.74, 6) is -0.250. The van der Waals surface area contributed by atoms with Crippen LogP contribution < -0.4 is 0 Å². The molecule has 3 nitrogen and oxygen atoms in total. The Morgan fingerprint density at radius 2 is 2.19 bits per heavy atom. The molecule has 1 heterocycles. The van der Waals surface area contributed by atoms with Crippen molar-refractivity contribution in [2.24, 2.45) is 0 Å². The van der Waals surface area contributed by atoms with E-state index in [9.17, 15) is 18.0 Å². The van der Waals surface area contributed by atoms with Crippen LogP contribution in [0.4, 0.5) is 13.2 Å². The van der Waals surface area contributed by atoms with Crippen LogP contribution in [0.2, 0.25) is 0 Å². The minimum Gasteiger partial charge on any atom is -0.367 e. The number of hydrogen-bond acceptors (Lipinski definition) is 2. The smallest absolute Gasteiger partial charge is 0.367 e. The van der Waals surface area contributed by atoms with Crippen molar-refractivity contribution < 1.29 is 22.7 Å². The summed E-state index contributed by atoms with van der Waals surface area (Å²) in [5, 5.41) is 0. The maximum atomic E-state index is 12.7. The lowest BCUT2D eigenvalue weighted by Gasteiger charge is -2.30. The zero-order valence-corrected chi connectivity index (χ0v) is 9.57. The molecular formula is C9H13ClF3NO2. The van der Waals surface area contributed by atoms with Crippen molar-refractivity contribution >= 4 is 17.5 Å². The fourth-order valence-electron chi connectivity index (χ4n) is 1.75. The summed E-state index contributed by atoms with van der Waals surface area (Å²) in [6.07, 6.45) is -4.63. The number of hydrogen-bond donors (Lipinski definition) is 0. The van der Waals surface area contributed by atoms with Crippen molar-refractivity contribution in [2.75, 3.05) is 26.1 Å². The van der Waals surface area contributed by atoms with E-state index >= 15 is 0 Å². The predicted octanol–water partition coefficient (Wildman–Crippen LogP) is 1.80. The Balaban J connectivity index is 2.72. The lowest BCUT2D eigenvalue weighted by atomic mass is 10.0. The highest BCUT2D eigenvalue weighted by Crippen LogP contribution is 2.40. The molecule has 1 amide bonds. The fourth-order valence-corrected chi connectivity index (χ4v) is 1.91. The van der Waals surface area contributed by atoms with Crippen LogP contribution in [-0.4, -0.2) is 48.7 Å². The number of methoxy groups -OCH3 is 1. The van der Waals surface area contributed by atoms with Crippen molar-refractivity contribution in [2.45, 2.75) is 24.6 Å². The van der Waals surface area contributed by atoms with Gasteiger partial charge in [-0.2, -0.15) is 13.2 Å². The van der Waals surface area contributed by atoms with Crippen LogP contribution in [-0.2, 0) is 9.53 Å². The average molecular weight is 260 g/mol. The number of amides is 1. The van der Waals surface area contributed by atoms with E-state index < -0.39 is 18.3 Å². The highest BCUT2D eigenvalue weighted by atomic mass is 35.5. The molecule has 16 heavy (non-hydrogen) atoms. The van der Waals surface area contributed by atoms with Crippen molar-refractivity contribution in [1.29, 1.82) is 0 Å². The van der Waals surface area contributed by atoms with Gasteiger partial charge in [0.15, 0.2) is 5.60 Å². The van der Waals surface area contributed by atoms with Crippen molar-refractivity contribution in [3.8, 4) is 0 Å². The minimum absolute atomic E-state index is 0.0548. The Hall–Kier alpha value is -0.490. The van der Waals surface area contributed by atoms with Gasteiger partial charge in [0.05, 0.1) is 6.54 Å². The quantitative estimate of drug-likeness (QED) is 0.724. The molecule has 7 heteroatoms. The van der Waals surface area contributed by atoms with Crippen molar-refractivity contribution in [1.82, 2.24) is 4.90 Å². The Labute approximate surface area is 96.5 Å². The van der Waals surface area contributed by atoms with Gasteiger partial charge in [-0.3, -0.25) is 4.79 Å². The van der Waals surface area contributed by atoms with Gasteiger partial charge < -0.3 is 9.64 Å². The summed E-state index contributed by atoms with van der Waals surface area (Å²) < 4.78 is 42.8. The molecule has 0 N–H and O–H groups in total. The number of ether oxygens (including phenoxy) is 1. The molecule has 0 spiro atoms. The monoisotopic (exact) mass is 259 g/mol. The van der Waals surface area contributed by atoms with Crippen LogP contribution in [0.15, 0.2) is 0 Å². The molecule has 94 valence electrons. The van der Waals surface area contributed by atoms with Gasteiger partial charge in [0.25, 0.3) is 0 Å². The van der Waals surface area contributed by atoms with E-state index in [1.54, 1.807) is 0 Å². The summed E-state index contributed by atoms with van der Waals surface area (Å²) in [4.78, 5) is 12.5. The second-order valence-electron chi connectivity index (χ2n) is 3.70. The number of carbonyl (C=O) groups is 1. The third kappa shape index (κ3) is 2.43. The van der Waals surface area contributed by atoms with Gasteiger partial charge in [-0.25, -0.2) is 0 Å². The molecule has 1 aliphatic rings. The third-order valence-corrected chi connectivity index (χ3v) is 2.99. The van der Waals surface area contributed by atoms with Gasteiger partial charge >= 0.3 is 6.18 Å². The molecule has 0 bridgehead atoms. The highest BCUT2D eigenvalue weighted by molar-refractivity contribution is 6.18. The summed E-state index contributed by atoms with van der Waals surface area (Å²) in [6.45, 7) is -0.383. The van der Waals surface area contributed by atoms with E-state index in [0.29, 0.717) is 0 Å². The van der Waals surface area contributed by atoms with E-state index in [1.165, 1.54) is 0 Å². The van der Waals surface area contributed by atoms with E-state index in [-0.39, 0.29) is 31.2 Å². The van der Waals surface area contributed by atoms with Crippen LogP contribution in [0.5, 0.6) is 0 Å². The van der Waals surface area contributed by atoms with Crippen LogP contribution in [0.25, 0.3) is 0 Å². The Morgan fingerprint density at radius 1 is 1.56 bits per heavy atom. The second-order valence-corrected chi connectivity index (χ2v) is 4.08. The summed E-state index contributed by atoms with van der Waals surface area (Å²) in [5.41, 5.74) is -2.21. The largest absolute Gasteiger partial charge is 0.419 e. The molecule has 1 unspecified atom stereocenters. The molecule has 1 atom stereocenters. The number of rotatable bonds is 3. The molecule has 1 saturated heterocycles. The van der Waals surface area contributed by atoms with Crippen LogP contribution in [0.1, 0.15) is 12.8 Å². The van der Waals surface area contributed by atoms with E-state index in [1.807, 2.05) is 0 Å². The lowest BCUT2D eigenvalue weighted by Crippen LogP contribution is -2.49. The maximum absolute atomic E-state index is 12.7.